The van der Waals surface area contributed by atoms with Crippen molar-refractivity contribution in [3.05, 3.63) is 29.3 Å². The van der Waals surface area contributed by atoms with Gasteiger partial charge in [0.2, 0.25) is 10.0 Å². The maximum atomic E-state index is 12.1. The second kappa shape index (κ2) is 10.5. The average Bonchev–Trinajstić information content (AvgIpc) is 2.74. The number of sulfonamides is 1. The topological polar surface area (TPSA) is 100 Å². The molecule has 0 radical (unpaired) electrons. The van der Waals surface area contributed by atoms with E-state index in [1.165, 1.54) is 0 Å². The van der Waals surface area contributed by atoms with Crippen molar-refractivity contribution in [1.29, 1.82) is 0 Å². The number of benzene rings is 1. The lowest BCUT2D eigenvalue weighted by atomic mass is 10.1. The van der Waals surface area contributed by atoms with Crippen molar-refractivity contribution in [2.75, 3.05) is 56.5 Å². The minimum absolute atomic E-state index is 0.0240. The number of anilines is 1. The molecule has 2 fully saturated rings. The molecule has 2 aliphatic heterocycles. The lowest BCUT2D eigenvalue weighted by Gasteiger charge is -2.36. The molecule has 1 aromatic carbocycles. The summed E-state index contributed by atoms with van der Waals surface area (Å²) in [7, 11) is -3.39. The van der Waals surface area contributed by atoms with Crippen LogP contribution in [0.1, 0.15) is 19.3 Å². The fraction of sp³-hybridized carbons (Fsp3) is 0.632. The van der Waals surface area contributed by atoms with Crippen molar-refractivity contribution in [3.63, 3.8) is 0 Å². The molecule has 1 unspecified atom stereocenters. The van der Waals surface area contributed by atoms with Crippen molar-refractivity contribution in [2.45, 2.75) is 25.4 Å². The second-order valence-electron chi connectivity index (χ2n) is 7.35. The van der Waals surface area contributed by atoms with Gasteiger partial charge in [-0.3, -0.25) is 4.99 Å². The Morgan fingerprint density at radius 2 is 1.93 bits per heavy atom. The Hall–Kier alpha value is -1.55. The SMILES string of the molecule is NC(=NCCS(=O)(=O)NCC1CCCCO1)N1CCN(c2ccc(Cl)cc2)CC1. The van der Waals surface area contributed by atoms with Gasteiger partial charge in [-0.25, -0.2) is 13.1 Å². The molecule has 2 aliphatic rings. The largest absolute Gasteiger partial charge is 0.377 e. The highest BCUT2D eigenvalue weighted by Gasteiger charge is 2.20. The van der Waals surface area contributed by atoms with Gasteiger partial charge in [-0.05, 0) is 43.5 Å². The number of ether oxygens (including phenoxy) is 1. The molecular formula is C19H30ClN5O3S. The van der Waals surface area contributed by atoms with E-state index in [1.807, 2.05) is 29.2 Å². The van der Waals surface area contributed by atoms with Crippen LogP contribution >= 0.6 is 11.6 Å². The van der Waals surface area contributed by atoms with Gasteiger partial charge < -0.3 is 20.3 Å². The van der Waals surface area contributed by atoms with Crippen molar-refractivity contribution in [1.82, 2.24) is 9.62 Å². The minimum atomic E-state index is -3.39. The number of aliphatic imine (C=N–C) groups is 1. The third-order valence-electron chi connectivity index (χ3n) is 5.23. The van der Waals surface area contributed by atoms with Crippen LogP contribution in [0.25, 0.3) is 0 Å². The number of nitrogens with two attached hydrogens (primary N) is 1. The van der Waals surface area contributed by atoms with E-state index in [4.69, 9.17) is 22.1 Å². The zero-order chi connectivity index (χ0) is 20.7. The number of hydrogen-bond acceptors (Lipinski definition) is 5. The maximum Gasteiger partial charge on any atom is 0.213 e. The van der Waals surface area contributed by atoms with E-state index in [1.54, 1.807) is 0 Å². The summed E-state index contributed by atoms with van der Waals surface area (Å²) in [6.07, 6.45) is 3.00. The zero-order valence-electron chi connectivity index (χ0n) is 16.6. The number of halogens is 1. The molecule has 3 rings (SSSR count). The third kappa shape index (κ3) is 7.02. The zero-order valence-corrected chi connectivity index (χ0v) is 18.2. The molecule has 1 aromatic rings. The van der Waals surface area contributed by atoms with Gasteiger partial charge in [0.25, 0.3) is 0 Å². The molecule has 0 saturated carbocycles. The Morgan fingerprint density at radius 3 is 2.59 bits per heavy atom. The van der Waals surface area contributed by atoms with E-state index >= 15 is 0 Å². The van der Waals surface area contributed by atoms with Crippen LogP contribution in [0.4, 0.5) is 5.69 Å². The Kier molecular flexibility index (Phi) is 7.99. The second-order valence-corrected chi connectivity index (χ2v) is 9.71. The molecule has 1 atom stereocenters. The maximum absolute atomic E-state index is 12.1. The molecule has 3 N–H and O–H groups in total. The van der Waals surface area contributed by atoms with Gasteiger partial charge in [-0.15, -0.1) is 0 Å². The summed E-state index contributed by atoms with van der Waals surface area (Å²) in [6.45, 7) is 4.29. The van der Waals surface area contributed by atoms with Crippen LogP contribution in [-0.4, -0.2) is 77.0 Å². The Morgan fingerprint density at radius 1 is 1.21 bits per heavy atom. The molecule has 10 heteroatoms. The molecule has 0 aromatic heterocycles. The van der Waals surface area contributed by atoms with Crippen molar-refractivity contribution in [2.24, 2.45) is 10.7 Å². The van der Waals surface area contributed by atoms with E-state index in [-0.39, 0.29) is 18.4 Å². The van der Waals surface area contributed by atoms with Crippen LogP contribution in [0, 0.1) is 0 Å². The predicted molar refractivity (Wildman–Crippen MR) is 117 cm³/mol. The highest BCUT2D eigenvalue weighted by Crippen LogP contribution is 2.19. The quantitative estimate of drug-likeness (QED) is 0.486. The lowest BCUT2D eigenvalue weighted by Crippen LogP contribution is -2.51. The predicted octanol–water partition coefficient (Wildman–Crippen LogP) is 1.27. The number of guanidine groups is 1. The summed E-state index contributed by atoms with van der Waals surface area (Å²) in [4.78, 5) is 8.53. The van der Waals surface area contributed by atoms with E-state index < -0.39 is 10.0 Å². The van der Waals surface area contributed by atoms with E-state index in [0.717, 1.165) is 56.2 Å². The highest BCUT2D eigenvalue weighted by molar-refractivity contribution is 7.89. The first-order valence-electron chi connectivity index (χ1n) is 10.1. The van der Waals surface area contributed by atoms with Crippen LogP contribution in [0.15, 0.2) is 29.3 Å². The highest BCUT2D eigenvalue weighted by atomic mass is 35.5. The van der Waals surface area contributed by atoms with E-state index in [9.17, 15) is 8.42 Å². The molecule has 2 saturated heterocycles. The fourth-order valence-corrected chi connectivity index (χ4v) is 4.53. The first-order valence-corrected chi connectivity index (χ1v) is 12.1. The van der Waals surface area contributed by atoms with Crippen LogP contribution in [0.3, 0.4) is 0 Å². The molecule has 0 spiro atoms. The number of rotatable bonds is 7. The van der Waals surface area contributed by atoms with Gasteiger partial charge in [0.05, 0.1) is 18.4 Å². The Labute approximate surface area is 178 Å². The van der Waals surface area contributed by atoms with Crippen LogP contribution < -0.4 is 15.4 Å². The molecule has 162 valence electrons. The summed E-state index contributed by atoms with van der Waals surface area (Å²) in [5.41, 5.74) is 7.21. The van der Waals surface area contributed by atoms with Crippen molar-refractivity contribution >= 4 is 33.3 Å². The number of piperazine rings is 1. The minimum Gasteiger partial charge on any atom is -0.377 e. The number of nitrogens with zero attached hydrogens (tertiary/aromatic N) is 3. The third-order valence-corrected chi connectivity index (χ3v) is 6.81. The molecule has 29 heavy (non-hydrogen) atoms. The summed E-state index contributed by atoms with van der Waals surface area (Å²) < 4.78 is 32.5. The normalized spacial score (nSPS) is 21.4. The van der Waals surface area contributed by atoms with E-state index in [2.05, 4.69) is 14.6 Å². The first-order chi connectivity index (χ1) is 13.9. The summed E-state index contributed by atoms with van der Waals surface area (Å²) >= 11 is 5.94. The van der Waals surface area contributed by atoms with Gasteiger partial charge in [0.1, 0.15) is 0 Å². The monoisotopic (exact) mass is 443 g/mol. The van der Waals surface area contributed by atoms with Gasteiger partial charge in [0.15, 0.2) is 5.96 Å². The Bertz CT molecular complexity index is 774. The van der Waals surface area contributed by atoms with Crippen LogP contribution in [0.5, 0.6) is 0 Å². The van der Waals surface area contributed by atoms with Crippen molar-refractivity contribution in [3.8, 4) is 0 Å². The average molecular weight is 444 g/mol. The smallest absolute Gasteiger partial charge is 0.213 e. The van der Waals surface area contributed by atoms with Gasteiger partial charge >= 0.3 is 0 Å². The lowest BCUT2D eigenvalue weighted by molar-refractivity contribution is 0.0200. The van der Waals surface area contributed by atoms with Gasteiger partial charge in [-0.1, -0.05) is 11.6 Å². The molecule has 0 amide bonds. The van der Waals surface area contributed by atoms with Crippen LogP contribution in [0.2, 0.25) is 5.02 Å². The summed E-state index contributed by atoms with van der Waals surface area (Å²) in [5, 5.41) is 0.722. The number of nitrogens with one attached hydrogen (secondary N) is 1. The molecule has 0 bridgehead atoms. The van der Waals surface area contributed by atoms with Gasteiger partial charge in [-0.2, -0.15) is 0 Å². The van der Waals surface area contributed by atoms with E-state index in [0.29, 0.717) is 19.1 Å². The van der Waals surface area contributed by atoms with Crippen LogP contribution in [-0.2, 0) is 14.8 Å². The first kappa shape index (κ1) is 22.1. The number of hydrogen-bond donors (Lipinski definition) is 2. The summed E-state index contributed by atoms with van der Waals surface area (Å²) in [6, 6.07) is 7.78. The fourth-order valence-electron chi connectivity index (χ4n) is 3.49. The molecule has 0 aliphatic carbocycles. The Balaban J connectivity index is 1.40. The summed E-state index contributed by atoms with van der Waals surface area (Å²) in [5.74, 6) is 0.317. The standard InChI is InChI=1S/C19H30ClN5O3S/c20-16-4-6-17(7-5-16)24-9-11-25(12-10-24)19(21)22-8-14-29(26,27)23-15-18-3-1-2-13-28-18/h4-7,18,23H,1-3,8-15H2,(H2,21,22). The van der Waals surface area contributed by atoms with Gasteiger partial charge in [0, 0.05) is 50.0 Å². The van der Waals surface area contributed by atoms with Crippen molar-refractivity contribution < 1.29 is 13.2 Å². The molecule has 2 heterocycles. The molecular weight excluding hydrogens is 414 g/mol. The molecule has 8 nitrogen and oxygen atoms in total.